The van der Waals surface area contributed by atoms with Crippen molar-refractivity contribution in [2.75, 3.05) is 11.4 Å². The average Bonchev–Trinajstić information content (AvgIpc) is 2.79. The molecule has 1 aliphatic heterocycles. The number of benzene rings is 1. The molecule has 0 spiro atoms. The molecular weight excluding hydrogens is 271 g/mol. The summed E-state index contributed by atoms with van der Waals surface area (Å²) in [6, 6.07) is 4.98. The molecule has 1 aliphatic rings. The normalized spacial score (nSPS) is 14.1. The van der Waals surface area contributed by atoms with Crippen molar-refractivity contribution in [2.24, 2.45) is 0 Å². The topological polar surface area (TPSA) is 46.3 Å². The summed E-state index contributed by atoms with van der Waals surface area (Å²) >= 11 is 0. The predicted octanol–water partition coefficient (Wildman–Crippen LogP) is 2.95. The smallest absolute Gasteiger partial charge is 0.231 e. The molecule has 1 aromatic heterocycles. The van der Waals surface area contributed by atoms with Crippen LogP contribution in [0.5, 0.6) is 0 Å². The van der Waals surface area contributed by atoms with Crippen LogP contribution in [-0.2, 0) is 17.6 Å². The van der Waals surface area contributed by atoms with E-state index in [1.54, 1.807) is 17.9 Å². The van der Waals surface area contributed by atoms with E-state index in [2.05, 4.69) is 5.16 Å². The third-order valence-corrected chi connectivity index (χ3v) is 3.98. The minimum atomic E-state index is -0.334. The second kappa shape index (κ2) is 5.31. The molecule has 0 saturated heterocycles. The summed E-state index contributed by atoms with van der Waals surface area (Å²) in [4.78, 5) is 14.1. The maximum absolute atomic E-state index is 14.1. The molecule has 0 fully saturated rings. The first-order valence-electron chi connectivity index (χ1n) is 7.07. The Morgan fingerprint density at radius 1 is 1.43 bits per heavy atom. The average molecular weight is 288 g/mol. The first-order valence-corrected chi connectivity index (χ1v) is 7.07. The van der Waals surface area contributed by atoms with Crippen LogP contribution in [0, 0.1) is 19.7 Å². The first kappa shape index (κ1) is 13.8. The van der Waals surface area contributed by atoms with Crippen LogP contribution in [0.4, 0.5) is 10.1 Å². The number of amides is 1. The quantitative estimate of drug-likeness (QED) is 0.853. The van der Waals surface area contributed by atoms with E-state index in [0.29, 0.717) is 23.7 Å². The lowest BCUT2D eigenvalue weighted by Crippen LogP contribution is -2.37. The van der Waals surface area contributed by atoms with Crippen LogP contribution in [0.2, 0.25) is 0 Å². The number of rotatable bonds is 2. The maximum atomic E-state index is 14.1. The van der Waals surface area contributed by atoms with Crippen molar-refractivity contribution >= 4 is 11.6 Å². The van der Waals surface area contributed by atoms with Gasteiger partial charge in [0.2, 0.25) is 5.91 Å². The molecular formula is C16H17FN2O2. The highest BCUT2D eigenvalue weighted by molar-refractivity contribution is 5.96. The van der Waals surface area contributed by atoms with E-state index in [9.17, 15) is 9.18 Å². The highest BCUT2D eigenvalue weighted by atomic mass is 19.1. The van der Waals surface area contributed by atoms with Crippen molar-refractivity contribution < 1.29 is 13.7 Å². The lowest BCUT2D eigenvalue weighted by atomic mass is 10.00. The number of fused-ring (bicyclic) bond motifs is 1. The number of carbonyl (C=O) groups excluding carboxylic acids is 1. The molecule has 1 aromatic carbocycles. The molecule has 2 aromatic rings. The lowest BCUT2D eigenvalue weighted by molar-refractivity contribution is -0.118. The predicted molar refractivity (Wildman–Crippen MR) is 76.8 cm³/mol. The van der Waals surface area contributed by atoms with Gasteiger partial charge in [-0.3, -0.25) is 4.79 Å². The zero-order valence-electron chi connectivity index (χ0n) is 12.1. The minimum absolute atomic E-state index is 0.115. The molecule has 0 aliphatic carbocycles. The number of para-hydroxylation sites is 1. The molecule has 5 heteroatoms. The Bertz CT molecular complexity index is 674. The van der Waals surface area contributed by atoms with Gasteiger partial charge in [-0.15, -0.1) is 0 Å². The number of hydrogen-bond donors (Lipinski definition) is 0. The van der Waals surface area contributed by atoms with E-state index in [1.165, 1.54) is 6.07 Å². The Kier molecular flexibility index (Phi) is 3.49. The summed E-state index contributed by atoms with van der Waals surface area (Å²) in [6.07, 6.45) is 1.85. The summed E-state index contributed by atoms with van der Waals surface area (Å²) in [5.41, 5.74) is 2.84. The van der Waals surface area contributed by atoms with E-state index in [0.717, 1.165) is 24.0 Å². The number of aromatic nitrogens is 1. The van der Waals surface area contributed by atoms with Crippen molar-refractivity contribution in [1.82, 2.24) is 5.16 Å². The Morgan fingerprint density at radius 2 is 2.24 bits per heavy atom. The van der Waals surface area contributed by atoms with E-state index in [1.807, 2.05) is 13.0 Å². The maximum Gasteiger partial charge on any atom is 0.231 e. The van der Waals surface area contributed by atoms with Gasteiger partial charge in [0.15, 0.2) is 0 Å². The van der Waals surface area contributed by atoms with Crippen molar-refractivity contribution in [2.45, 2.75) is 33.1 Å². The highest BCUT2D eigenvalue weighted by Gasteiger charge is 2.26. The summed E-state index contributed by atoms with van der Waals surface area (Å²) in [5, 5.41) is 3.86. The summed E-state index contributed by atoms with van der Waals surface area (Å²) in [5.74, 6) is 0.196. The molecule has 0 radical (unpaired) electrons. The third-order valence-electron chi connectivity index (χ3n) is 3.98. The summed E-state index contributed by atoms with van der Waals surface area (Å²) in [7, 11) is 0. The van der Waals surface area contributed by atoms with Gasteiger partial charge < -0.3 is 9.42 Å². The van der Waals surface area contributed by atoms with Crippen LogP contribution in [0.25, 0.3) is 0 Å². The minimum Gasteiger partial charge on any atom is -0.361 e. The van der Waals surface area contributed by atoms with Gasteiger partial charge >= 0.3 is 0 Å². The van der Waals surface area contributed by atoms with Gasteiger partial charge in [0, 0.05) is 12.1 Å². The molecule has 0 bridgehead atoms. The van der Waals surface area contributed by atoms with Crippen molar-refractivity contribution in [3.05, 3.63) is 46.6 Å². The molecule has 3 rings (SSSR count). The number of carbonyl (C=O) groups is 1. The fraction of sp³-hybridized carbons (Fsp3) is 0.375. The highest BCUT2D eigenvalue weighted by Crippen LogP contribution is 2.30. The summed E-state index contributed by atoms with van der Waals surface area (Å²) < 4.78 is 19.2. The Hall–Kier alpha value is -2.17. The van der Waals surface area contributed by atoms with Crippen molar-refractivity contribution in [1.29, 1.82) is 0 Å². The van der Waals surface area contributed by atoms with Crippen molar-refractivity contribution in [3.8, 4) is 0 Å². The zero-order valence-corrected chi connectivity index (χ0v) is 12.1. The van der Waals surface area contributed by atoms with Crippen LogP contribution >= 0.6 is 0 Å². The monoisotopic (exact) mass is 288 g/mol. The molecule has 4 nitrogen and oxygen atoms in total. The molecule has 0 atom stereocenters. The van der Waals surface area contributed by atoms with Crippen molar-refractivity contribution in [3.63, 3.8) is 0 Å². The Morgan fingerprint density at radius 3 is 2.95 bits per heavy atom. The van der Waals surface area contributed by atoms with E-state index in [-0.39, 0.29) is 18.1 Å². The van der Waals surface area contributed by atoms with Crippen LogP contribution < -0.4 is 4.90 Å². The number of nitrogens with zero attached hydrogens (tertiary/aromatic N) is 2. The standard InChI is InChI=1S/C16H17FN2O2/c1-10-13(11(2)21-18-10)9-15(20)19-8-4-6-12-5-3-7-14(17)16(12)19/h3,5,7H,4,6,8-9H2,1-2H3. The van der Waals surface area contributed by atoms with Gasteiger partial charge in [0.25, 0.3) is 0 Å². The fourth-order valence-corrected chi connectivity index (χ4v) is 2.85. The second-order valence-corrected chi connectivity index (χ2v) is 5.38. The van der Waals surface area contributed by atoms with Crippen LogP contribution in [0.1, 0.15) is 29.0 Å². The largest absolute Gasteiger partial charge is 0.361 e. The molecule has 110 valence electrons. The lowest BCUT2D eigenvalue weighted by Gasteiger charge is -2.29. The van der Waals surface area contributed by atoms with Crippen LogP contribution in [0.15, 0.2) is 22.7 Å². The Labute approximate surface area is 122 Å². The fourth-order valence-electron chi connectivity index (χ4n) is 2.85. The molecule has 0 N–H and O–H groups in total. The van der Waals surface area contributed by atoms with Gasteiger partial charge in [0.1, 0.15) is 11.6 Å². The SMILES string of the molecule is Cc1noc(C)c1CC(=O)N1CCCc2cccc(F)c21. The number of halogens is 1. The number of hydrogen-bond acceptors (Lipinski definition) is 3. The van der Waals surface area contributed by atoms with E-state index in [4.69, 9.17) is 4.52 Å². The summed E-state index contributed by atoms with van der Waals surface area (Å²) in [6.45, 7) is 4.15. The molecule has 0 saturated carbocycles. The molecule has 21 heavy (non-hydrogen) atoms. The first-order chi connectivity index (χ1) is 10.1. The Balaban J connectivity index is 1.91. The molecule has 2 heterocycles. The zero-order chi connectivity index (χ0) is 15.0. The second-order valence-electron chi connectivity index (χ2n) is 5.38. The number of aryl methyl sites for hydroxylation is 3. The number of anilines is 1. The van der Waals surface area contributed by atoms with Gasteiger partial charge in [0.05, 0.1) is 17.8 Å². The van der Waals surface area contributed by atoms with E-state index >= 15 is 0 Å². The molecule has 1 amide bonds. The van der Waals surface area contributed by atoms with Gasteiger partial charge in [-0.05, 0) is 38.3 Å². The van der Waals surface area contributed by atoms with Gasteiger partial charge in [-0.25, -0.2) is 4.39 Å². The molecule has 0 unspecified atom stereocenters. The van der Waals surface area contributed by atoms with Crippen LogP contribution in [-0.4, -0.2) is 17.6 Å². The van der Waals surface area contributed by atoms with Crippen LogP contribution in [0.3, 0.4) is 0 Å². The van der Waals surface area contributed by atoms with Gasteiger partial charge in [-0.1, -0.05) is 17.3 Å². The van der Waals surface area contributed by atoms with Gasteiger partial charge in [-0.2, -0.15) is 0 Å². The third kappa shape index (κ3) is 2.44. The van der Waals surface area contributed by atoms with E-state index < -0.39 is 0 Å².